The van der Waals surface area contributed by atoms with Crippen LogP contribution in [0, 0.1) is 16.0 Å². The molecule has 0 spiro atoms. The predicted molar refractivity (Wildman–Crippen MR) is 108 cm³/mol. The number of aromatic hydroxyl groups is 1. The summed E-state index contributed by atoms with van der Waals surface area (Å²) in [5, 5.41) is 25.6. The minimum atomic E-state index is -0.805. The van der Waals surface area contributed by atoms with Crippen molar-refractivity contribution in [3.05, 3.63) is 69.9 Å². The van der Waals surface area contributed by atoms with Crippen LogP contribution in [0.15, 0.2) is 48.7 Å². The summed E-state index contributed by atoms with van der Waals surface area (Å²) in [6.07, 6.45) is 1.45. The maximum Gasteiger partial charge on any atom is 0.279 e. The number of benzene rings is 2. The Balaban J connectivity index is 2.23. The zero-order valence-corrected chi connectivity index (χ0v) is 16.2. The number of carbonyl (C=O) groups is 1. The van der Waals surface area contributed by atoms with Crippen molar-refractivity contribution in [2.45, 2.75) is 19.9 Å². The third-order valence-electron chi connectivity index (χ3n) is 4.64. The van der Waals surface area contributed by atoms with E-state index in [1.807, 2.05) is 0 Å². The van der Waals surface area contributed by atoms with Crippen LogP contribution < -0.4 is 10.1 Å². The second-order valence-corrected chi connectivity index (χ2v) is 6.86. The quantitative estimate of drug-likeness (QED) is 0.486. The number of methoxy groups -OCH3 is 1. The highest BCUT2D eigenvalue weighted by molar-refractivity contribution is 5.94. The SMILES string of the molecule is COc1ccc([C@@H](NC(=O)C(C)C)c2cc([N+](=O)[O-])c3cccnc3c2O)cc1. The number of nitro groups is 1. The van der Waals surface area contributed by atoms with Gasteiger partial charge < -0.3 is 15.2 Å². The molecule has 0 bridgehead atoms. The van der Waals surface area contributed by atoms with Gasteiger partial charge in [-0.25, -0.2) is 0 Å². The third kappa shape index (κ3) is 3.96. The lowest BCUT2D eigenvalue weighted by Gasteiger charge is -2.22. The molecule has 0 aliphatic rings. The fourth-order valence-corrected chi connectivity index (χ4v) is 3.05. The summed E-state index contributed by atoms with van der Waals surface area (Å²) in [5.74, 6) is -0.158. The van der Waals surface area contributed by atoms with Crippen molar-refractivity contribution in [1.82, 2.24) is 10.3 Å². The van der Waals surface area contributed by atoms with Gasteiger partial charge in [-0.05, 0) is 29.8 Å². The van der Waals surface area contributed by atoms with E-state index in [0.717, 1.165) is 0 Å². The van der Waals surface area contributed by atoms with Crippen LogP contribution >= 0.6 is 0 Å². The number of hydrogen-bond acceptors (Lipinski definition) is 6. The molecule has 0 radical (unpaired) electrons. The smallest absolute Gasteiger partial charge is 0.279 e. The van der Waals surface area contributed by atoms with E-state index in [1.165, 1.54) is 25.4 Å². The van der Waals surface area contributed by atoms with E-state index in [0.29, 0.717) is 11.3 Å². The van der Waals surface area contributed by atoms with Crippen LogP contribution in [0.3, 0.4) is 0 Å². The maximum absolute atomic E-state index is 12.4. The second-order valence-electron chi connectivity index (χ2n) is 6.86. The first kappa shape index (κ1) is 20.1. The number of rotatable bonds is 6. The summed E-state index contributed by atoms with van der Waals surface area (Å²) in [7, 11) is 1.54. The minimum absolute atomic E-state index is 0.106. The van der Waals surface area contributed by atoms with Crippen LogP contribution in [0.2, 0.25) is 0 Å². The topological polar surface area (TPSA) is 115 Å². The van der Waals surface area contributed by atoms with Gasteiger partial charge in [0.1, 0.15) is 17.0 Å². The molecule has 0 fully saturated rings. The Hall–Kier alpha value is -3.68. The molecule has 150 valence electrons. The molecule has 1 amide bonds. The van der Waals surface area contributed by atoms with E-state index in [4.69, 9.17) is 4.74 Å². The Kier molecular flexibility index (Phi) is 5.63. The highest BCUT2D eigenvalue weighted by atomic mass is 16.6. The largest absolute Gasteiger partial charge is 0.505 e. The number of phenols is 1. The highest BCUT2D eigenvalue weighted by Gasteiger charge is 2.27. The van der Waals surface area contributed by atoms with Crippen LogP contribution in [0.25, 0.3) is 10.9 Å². The molecule has 3 aromatic rings. The molecule has 2 aromatic carbocycles. The van der Waals surface area contributed by atoms with Crippen molar-refractivity contribution in [3.8, 4) is 11.5 Å². The van der Waals surface area contributed by atoms with Gasteiger partial charge in [-0.2, -0.15) is 0 Å². The Morgan fingerprint density at radius 3 is 2.52 bits per heavy atom. The van der Waals surface area contributed by atoms with Gasteiger partial charge in [-0.3, -0.25) is 19.9 Å². The summed E-state index contributed by atoms with van der Waals surface area (Å²) in [5.41, 5.74) is 0.744. The molecule has 1 aromatic heterocycles. The molecular weight excluding hydrogens is 374 g/mol. The number of fused-ring (bicyclic) bond motifs is 1. The first-order valence-electron chi connectivity index (χ1n) is 9.02. The van der Waals surface area contributed by atoms with Crippen LogP contribution in [0.1, 0.15) is 31.0 Å². The molecular formula is C21H21N3O5. The number of hydrogen-bond donors (Lipinski definition) is 2. The zero-order chi connectivity index (χ0) is 21.1. The molecule has 0 unspecified atom stereocenters. The van der Waals surface area contributed by atoms with Gasteiger partial charge in [-0.1, -0.05) is 26.0 Å². The van der Waals surface area contributed by atoms with Crippen molar-refractivity contribution in [2.24, 2.45) is 5.92 Å². The Bertz CT molecular complexity index is 1060. The number of pyridine rings is 1. The average Bonchev–Trinajstić information content (AvgIpc) is 2.72. The molecule has 29 heavy (non-hydrogen) atoms. The summed E-state index contributed by atoms with van der Waals surface area (Å²) < 4.78 is 5.17. The molecule has 2 N–H and O–H groups in total. The fourth-order valence-electron chi connectivity index (χ4n) is 3.05. The molecule has 8 nitrogen and oxygen atoms in total. The number of nitrogens with one attached hydrogen (secondary N) is 1. The molecule has 3 rings (SSSR count). The van der Waals surface area contributed by atoms with Crippen LogP contribution in [0.4, 0.5) is 5.69 Å². The molecule has 8 heteroatoms. The van der Waals surface area contributed by atoms with Crippen molar-refractivity contribution in [1.29, 1.82) is 0 Å². The van der Waals surface area contributed by atoms with Gasteiger partial charge in [-0.15, -0.1) is 0 Å². The van der Waals surface area contributed by atoms with Crippen LogP contribution in [0.5, 0.6) is 11.5 Å². The van der Waals surface area contributed by atoms with E-state index in [1.54, 1.807) is 44.2 Å². The summed E-state index contributed by atoms with van der Waals surface area (Å²) in [6.45, 7) is 3.48. The van der Waals surface area contributed by atoms with E-state index < -0.39 is 11.0 Å². The minimum Gasteiger partial charge on any atom is -0.505 e. The number of phenolic OH excluding ortho intramolecular Hbond substituents is 1. The average molecular weight is 395 g/mol. The Labute approximate surface area is 167 Å². The van der Waals surface area contributed by atoms with Crippen molar-refractivity contribution < 1.29 is 19.6 Å². The number of nitro benzene ring substituents is 1. The lowest BCUT2D eigenvalue weighted by Crippen LogP contribution is -2.32. The molecule has 0 saturated carbocycles. The monoisotopic (exact) mass is 395 g/mol. The predicted octanol–water partition coefficient (Wildman–Crippen LogP) is 3.72. The second kappa shape index (κ2) is 8.14. The van der Waals surface area contributed by atoms with E-state index in [-0.39, 0.29) is 39.7 Å². The molecule has 1 atom stereocenters. The van der Waals surface area contributed by atoms with Crippen molar-refractivity contribution in [2.75, 3.05) is 7.11 Å². The number of non-ortho nitro benzene ring substituents is 1. The lowest BCUT2D eigenvalue weighted by atomic mass is 9.94. The summed E-state index contributed by atoms with van der Waals surface area (Å²) in [6, 6.07) is 10.5. The first-order valence-corrected chi connectivity index (χ1v) is 9.02. The molecule has 1 heterocycles. The van der Waals surface area contributed by atoms with E-state index >= 15 is 0 Å². The summed E-state index contributed by atoms with van der Waals surface area (Å²) >= 11 is 0. The van der Waals surface area contributed by atoms with E-state index in [9.17, 15) is 20.0 Å². The molecule has 0 saturated heterocycles. The third-order valence-corrected chi connectivity index (χ3v) is 4.64. The highest BCUT2D eigenvalue weighted by Crippen LogP contribution is 2.39. The Morgan fingerprint density at radius 2 is 1.93 bits per heavy atom. The van der Waals surface area contributed by atoms with Crippen molar-refractivity contribution >= 4 is 22.5 Å². The van der Waals surface area contributed by atoms with Gasteiger partial charge in [0.15, 0.2) is 0 Å². The lowest BCUT2D eigenvalue weighted by molar-refractivity contribution is -0.383. The fraction of sp³-hybridized carbons (Fsp3) is 0.238. The Morgan fingerprint density at radius 1 is 1.24 bits per heavy atom. The number of carbonyl (C=O) groups excluding carboxylic acids is 1. The number of nitrogens with zero attached hydrogens (tertiary/aromatic N) is 2. The first-order chi connectivity index (χ1) is 13.8. The standard InChI is InChI=1S/C21H21N3O5/c1-12(2)21(26)23-18(13-6-8-14(29-3)9-7-13)16-11-17(24(27)28)15-5-4-10-22-19(15)20(16)25/h4-12,18,25H,1-3H3,(H,23,26)/t18-/m1/s1. The van der Waals surface area contributed by atoms with Gasteiger partial charge in [0.05, 0.1) is 23.5 Å². The van der Waals surface area contributed by atoms with E-state index in [2.05, 4.69) is 10.3 Å². The van der Waals surface area contributed by atoms with Gasteiger partial charge in [0, 0.05) is 23.7 Å². The van der Waals surface area contributed by atoms with Crippen molar-refractivity contribution in [3.63, 3.8) is 0 Å². The molecule has 0 aliphatic heterocycles. The van der Waals surface area contributed by atoms with Gasteiger partial charge >= 0.3 is 0 Å². The molecule has 0 aliphatic carbocycles. The number of amides is 1. The van der Waals surface area contributed by atoms with Gasteiger partial charge in [0.2, 0.25) is 5.91 Å². The normalized spacial score (nSPS) is 12.0. The van der Waals surface area contributed by atoms with Crippen LogP contribution in [-0.2, 0) is 4.79 Å². The number of ether oxygens (including phenoxy) is 1. The maximum atomic E-state index is 12.4. The summed E-state index contributed by atoms with van der Waals surface area (Å²) in [4.78, 5) is 27.7. The number of aromatic nitrogens is 1. The van der Waals surface area contributed by atoms with Gasteiger partial charge in [0.25, 0.3) is 5.69 Å². The van der Waals surface area contributed by atoms with Crippen LogP contribution in [-0.4, -0.2) is 28.0 Å². The zero-order valence-electron chi connectivity index (χ0n) is 16.2.